The van der Waals surface area contributed by atoms with Gasteiger partial charge in [-0.05, 0) is 29.8 Å². The van der Waals surface area contributed by atoms with E-state index < -0.39 is 17.3 Å². The van der Waals surface area contributed by atoms with Crippen molar-refractivity contribution in [3.05, 3.63) is 42.2 Å². The van der Waals surface area contributed by atoms with Gasteiger partial charge >= 0.3 is 5.97 Å². The van der Waals surface area contributed by atoms with Crippen molar-refractivity contribution in [1.82, 2.24) is 20.0 Å². The molecule has 8 nitrogen and oxygen atoms in total. The second kappa shape index (κ2) is 6.14. The molecule has 136 valence electrons. The number of carboxylic acids is 1. The molecule has 0 radical (unpaired) electrons. The number of fused-ring (bicyclic) bond motifs is 1. The Morgan fingerprint density at radius 2 is 2.35 bits per heavy atom. The normalized spacial score (nSPS) is 25.1. The number of ether oxygens (including phenoxy) is 1. The molecule has 26 heavy (non-hydrogen) atoms. The standard InChI is InChI=1S/C18H20N4O4/c1-26-13-3-4-15(22-6-2-5-20-22)12(7-13)8-21-9-14-16(23)19-10-18(14,11-21)17(24)25/h2-7,14H,8-11H2,1H3,(H,19,23)(H,24,25)/t14-,18+/m1/s1. The summed E-state index contributed by atoms with van der Waals surface area (Å²) in [5.74, 6) is -0.881. The van der Waals surface area contributed by atoms with Gasteiger partial charge < -0.3 is 15.2 Å². The lowest BCUT2D eigenvalue weighted by molar-refractivity contribution is -0.149. The minimum Gasteiger partial charge on any atom is -0.497 e. The Morgan fingerprint density at radius 3 is 3.00 bits per heavy atom. The summed E-state index contributed by atoms with van der Waals surface area (Å²) in [5.41, 5.74) is 0.831. The van der Waals surface area contributed by atoms with E-state index in [1.165, 1.54) is 0 Å². The highest BCUT2D eigenvalue weighted by molar-refractivity contribution is 5.92. The number of carbonyl (C=O) groups excluding carboxylic acids is 1. The lowest BCUT2D eigenvalue weighted by Gasteiger charge is -2.23. The lowest BCUT2D eigenvalue weighted by Crippen LogP contribution is -2.40. The molecule has 2 aromatic rings. The minimum atomic E-state index is -1.04. The number of amides is 1. The Morgan fingerprint density at radius 1 is 1.50 bits per heavy atom. The number of rotatable bonds is 5. The van der Waals surface area contributed by atoms with Gasteiger partial charge in [-0.2, -0.15) is 5.10 Å². The van der Waals surface area contributed by atoms with E-state index >= 15 is 0 Å². The van der Waals surface area contributed by atoms with Crippen LogP contribution in [-0.4, -0.2) is 58.4 Å². The fraction of sp³-hybridized carbons (Fsp3) is 0.389. The van der Waals surface area contributed by atoms with Crippen molar-refractivity contribution < 1.29 is 19.4 Å². The molecule has 0 spiro atoms. The van der Waals surface area contributed by atoms with Gasteiger partial charge in [-0.1, -0.05) is 0 Å². The number of methoxy groups -OCH3 is 1. The Balaban J connectivity index is 1.64. The largest absolute Gasteiger partial charge is 0.497 e. The van der Waals surface area contributed by atoms with Crippen LogP contribution < -0.4 is 10.1 Å². The number of carboxylic acid groups (broad SMARTS) is 1. The maximum atomic E-state index is 12.1. The van der Waals surface area contributed by atoms with E-state index in [9.17, 15) is 14.7 Å². The Bertz CT molecular complexity index is 851. The van der Waals surface area contributed by atoms with Crippen LogP contribution in [0.4, 0.5) is 0 Å². The molecule has 2 saturated heterocycles. The minimum absolute atomic E-state index is 0.173. The molecule has 1 aromatic heterocycles. The first kappa shape index (κ1) is 16.6. The molecule has 0 unspecified atom stereocenters. The summed E-state index contributed by atoms with van der Waals surface area (Å²) in [6.07, 6.45) is 3.56. The van der Waals surface area contributed by atoms with Crippen LogP contribution in [-0.2, 0) is 16.1 Å². The summed E-state index contributed by atoms with van der Waals surface area (Å²) in [6.45, 7) is 1.47. The zero-order valence-electron chi connectivity index (χ0n) is 14.4. The van der Waals surface area contributed by atoms with Gasteiger partial charge in [0.2, 0.25) is 5.91 Å². The van der Waals surface area contributed by atoms with Gasteiger partial charge in [0.15, 0.2) is 0 Å². The van der Waals surface area contributed by atoms with Gasteiger partial charge in [-0.25, -0.2) is 4.68 Å². The van der Waals surface area contributed by atoms with Gasteiger partial charge in [0.25, 0.3) is 0 Å². The summed E-state index contributed by atoms with van der Waals surface area (Å²) in [4.78, 5) is 26.0. The quantitative estimate of drug-likeness (QED) is 0.810. The van der Waals surface area contributed by atoms with Crippen LogP contribution in [0.2, 0.25) is 0 Å². The fourth-order valence-corrected chi connectivity index (χ4v) is 3.99. The van der Waals surface area contributed by atoms with Crippen molar-refractivity contribution in [3.63, 3.8) is 0 Å². The average molecular weight is 356 g/mol. The third-order valence-electron chi connectivity index (χ3n) is 5.37. The molecule has 2 atom stereocenters. The third-order valence-corrected chi connectivity index (χ3v) is 5.37. The second-order valence-electron chi connectivity index (χ2n) is 6.85. The van der Waals surface area contributed by atoms with Crippen molar-refractivity contribution in [2.24, 2.45) is 11.3 Å². The van der Waals surface area contributed by atoms with Crippen LogP contribution >= 0.6 is 0 Å². The molecule has 8 heteroatoms. The summed E-state index contributed by atoms with van der Waals surface area (Å²) in [5, 5.41) is 16.7. The van der Waals surface area contributed by atoms with E-state index in [0.717, 1.165) is 17.0 Å². The molecule has 3 heterocycles. The average Bonchev–Trinajstić information content (AvgIpc) is 3.33. The maximum Gasteiger partial charge on any atom is 0.313 e. The highest BCUT2D eigenvalue weighted by atomic mass is 16.5. The number of aliphatic carboxylic acids is 1. The number of nitrogens with zero attached hydrogens (tertiary/aromatic N) is 3. The Hall–Kier alpha value is -2.87. The number of benzene rings is 1. The highest BCUT2D eigenvalue weighted by Gasteiger charge is 2.59. The maximum absolute atomic E-state index is 12.1. The van der Waals surface area contributed by atoms with E-state index in [4.69, 9.17) is 4.74 Å². The highest BCUT2D eigenvalue weighted by Crippen LogP contribution is 2.40. The molecular weight excluding hydrogens is 336 g/mol. The van der Waals surface area contributed by atoms with Gasteiger partial charge in [-0.15, -0.1) is 0 Å². The molecule has 0 aliphatic carbocycles. The van der Waals surface area contributed by atoms with E-state index in [1.54, 1.807) is 18.0 Å². The number of aromatic nitrogens is 2. The summed E-state index contributed by atoms with van der Waals surface area (Å²) < 4.78 is 7.10. The molecule has 2 aliphatic heterocycles. The van der Waals surface area contributed by atoms with Crippen molar-refractivity contribution in [3.8, 4) is 11.4 Å². The molecule has 2 N–H and O–H groups in total. The van der Waals surface area contributed by atoms with E-state index in [0.29, 0.717) is 19.6 Å². The molecule has 2 fully saturated rings. The molecule has 1 aromatic carbocycles. The molecule has 0 saturated carbocycles. The zero-order valence-corrected chi connectivity index (χ0v) is 14.4. The van der Waals surface area contributed by atoms with E-state index in [2.05, 4.69) is 10.4 Å². The number of nitrogens with one attached hydrogen (secondary N) is 1. The van der Waals surface area contributed by atoms with E-state index in [-0.39, 0.29) is 12.5 Å². The first-order valence-electron chi connectivity index (χ1n) is 8.44. The van der Waals surface area contributed by atoms with Crippen LogP contribution in [0.15, 0.2) is 36.7 Å². The molecule has 2 aliphatic rings. The van der Waals surface area contributed by atoms with Gasteiger partial charge in [0.05, 0.1) is 18.7 Å². The zero-order chi connectivity index (χ0) is 18.3. The summed E-state index contributed by atoms with van der Waals surface area (Å²) in [7, 11) is 1.61. The summed E-state index contributed by atoms with van der Waals surface area (Å²) >= 11 is 0. The van der Waals surface area contributed by atoms with Crippen LogP contribution in [0.1, 0.15) is 5.56 Å². The lowest BCUT2D eigenvalue weighted by atomic mass is 9.81. The van der Waals surface area contributed by atoms with Gasteiger partial charge in [-0.3, -0.25) is 14.5 Å². The van der Waals surface area contributed by atoms with Crippen molar-refractivity contribution in [2.75, 3.05) is 26.7 Å². The van der Waals surface area contributed by atoms with Gasteiger partial charge in [0, 0.05) is 38.6 Å². The fourth-order valence-electron chi connectivity index (χ4n) is 3.99. The number of likely N-dealkylation sites (tertiary alicyclic amines) is 1. The molecule has 1 amide bonds. The second-order valence-corrected chi connectivity index (χ2v) is 6.85. The van der Waals surface area contributed by atoms with Crippen LogP contribution in [0.25, 0.3) is 5.69 Å². The van der Waals surface area contributed by atoms with Crippen LogP contribution in [0.3, 0.4) is 0 Å². The predicted molar refractivity (Wildman–Crippen MR) is 92.0 cm³/mol. The number of carbonyl (C=O) groups is 2. The van der Waals surface area contributed by atoms with Crippen molar-refractivity contribution >= 4 is 11.9 Å². The Labute approximate surface area is 150 Å². The smallest absolute Gasteiger partial charge is 0.313 e. The SMILES string of the molecule is COc1ccc(-n2cccn2)c(CN2C[C@@H]3C(=O)NC[C@]3(C(=O)O)C2)c1. The molecule has 0 bridgehead atoms. The molecular formula is C18H20N4O4. The van der Waals surface area contributed by atoms with Crippen LogP contribution in [0, 0.1) is 11.3 Å². The monoisotopic (exact) mass is 356 g/mol. The van der Waals surface area contributed by atoms with Crippen molar-refractivity contribution in [2.45, 2.75) is 6.54 Å². The predicted octanol–water partition coefficient (Wildman–Crippen LogP) is 0.514. The first-order valence-corrected chi connectivity index (χ1v) is 8.44. The summed E-state index contributed by atoms with van der Waals surface area (Å²) in [6, 6.07) is 7.57. The van der Waals surface area contributed by atoms with Crippen molar-refractivity contribution in [1.29, 1.82) is 0 Å². The Kier molecular flexibility index (Phi) is 3.91. The number of hydrogen-bond acceptors (Lipinski definition) is 5. The van der Waals surface area contributed by atoms with Gasteiger partial charge in [0.1, 0.15) is 11.2 Å². The molecule has 4 rings (SSSR count). The topological polar surface area (TPSA) is 96.7 Å². The van der Waals surface area contributed by atoms with Crippen LogP contribution in [0.5, 0.6) is 5.75 Å². The van der Waals surface area contributed by atoms with E-state index in [1.807, 2.05) is 35.4 Å². The third kappa shape index (κ3) is 2.53. The number of hydrogen-bond donors (Lipinski definition) is 2. The first-order chi connectivity index (χ1) is 12.5.